The molecule has 122 valence electrons. The molecule has 0 bridgehead atoms. The van der Waals surface area contributed by atoms with Crippen LogP contribution in [0.25, 0.3) is 0 Å². The third kappa shape index (κ3) is 4.32. The van der Waals surface area contributed by atoms with Crippen LogP contribution in [0.3, 0.4) is 0 Å². The third-order valence-corrected chi connectivity index (χ3v) is 4.11. The van der Waals surface area contributed by atoms with Gasteiger partial charge in [0.05, 0.1) is 23.1 Å². The average molecular weight is 380 g/mol. The van der Waals surface area contributed by atoms with Crippen LogP contribution in [0.15, 0.2) is 34.0 Å². The Morgan fingerprint density at radius 2 is 2.17 bits per heavy atom. The van der Waals surface area contributed by atoms with Gasteiger partial charge < -0.3 is 16.3 Å². The molecule has 0 aliphatic rings. The molecule has 0 spiro atoms. The highest BCUT2D eigenvalue weighted by Gasteiger charge is 2.09. The molecule has 0 saturated carbocycles. The molecule has 4 N–H and O–H groups in total. The van der Waals surface area contributed by atoms with Crippen LogP contribution in [-0.4, -0.2) is 21.6 Å². The topological polar surface area (TPSA) is 109 Å². The van der Waals surface area contributed by atoms with Crippen molar-refractivity contribution in [1.29, 1.82) is 0 Å². The zero-order valence-corrected chi connectivity index (χ0v) is 14.5. The molecule has 23 heavy (non-hydrogen) atoms. The lowest BCUT2D eigenvalue weighted by molar-refractivity contribution is -0.143. The number of aromatic nitrogens is 2. The van der Waals surface area contributed by atoms with Gasteiger partial charge in [-0.05, 0) is 41.4 Å². The Morgan fingerprint density at radius 3 is 2.83 bits per heavy atom. The van der Waals surface area contributed by atoms with Crippen molar-refractivity contribution in [2.75, 3.05) is 5.73 Å². The average Bonchev–Trinajstić information content (AvgIpc) is 2.84. The minimum atomic E-state index is -0.487. The molecule has 2 rings (SSSR count). The van der Waals surface area contributed by atoms with E-state index in [9.17, 15) is 4.79 Å². The van der Waals surface area contributed by atoms with Gasteiger partial charge in [0.15, 0.2) is 5.84 Å². The smallest absolute Gasteiger partial charge is 0.336 e. The number of nitrogen functional groups attached to an aromatic ring is 1. The van der Waals surface area contributed by atoms with E-state index in [1.165, 1.54) is 0 Å². The first-order chi connectivity index (χ1) is 10.9. The number of aryl methyl sites for hydroxylation is 2. The number of hydrogen-bond acceptors (Lipinski definition) is 5. The second-order valence-electron chi connectivity index (χ2n) is 5.04. The van der Waals surface area contributed by atoms with Gasteiger partial charge in [-0.3, -0.25) is 4.68 Å². The first-order valence-electron chi connectivity index (χ1n) is 6.97. The Balaban J connectivity index is 1.93. The van der Waals surface area contributed by atoms with E-state index in [0.717, 1.165) is 15.7 Å². The highest BCUT2D eigenvalue weighted by atomic mass is 79.9. The molecular formula is C15H18BrN5O2. The summed E-state index contributed by atoms with van der Waals surface area (Å²) in [6.07, 6.45) is 1.94. The number of anilines is 1. The van der Waals surface area contributed by atoms with Crippen molar-refractivity contribution in [3.8, 4) is 0 Å². The van der Waals surface area contributed by atoms with Crippen LogP contribution in [0.4, 0.5) is 5.69 Å². The van der Waals surface area contributed by atoms with Crippen LogP contribution in [0.1, 0.15) is 23.2 Å². The molecule has 7 nitrogen and oxygen atoms in total. The van der Waals surface area contributed by atoms with Crippen LogP contribution in [0.2, 0.25) is 0 Å². The molecular weight excluding hydrogens is 362 g/mol. The second kappa shape index (κ2) is 7.28. The van der Waals surface area contributed by atoms with E-state index in [4.69, 9.17) is 16.3 Å². The fourth-order valence-corrected chi connectivity index (χ4v) is 2.26. The zero-order valence-electron chi connectivity index (χ0n) is 12.9. The molecule has 8 heteroatoms. The Hall–Kier alpha value is -2.35. The summed E-state index contributed by atoms with van der Waals surface area (Å²) >= 11 is 3.36. The molecule has 1 aromatic heterocycles. The van der Waals surface area contributed by atoms with Crippen LogP contribution < -0.4 is 11.5 Å². The summed E-state index contributed by atoms with van der Waals surface area (Å²) in [5.74, 6) is -0.375. The van der Waals surface area contributed by atoms with Crippen molar-refractivity contribution in [2.24, 2.45) is 10.9 Å². The van der Waals surface area contributed by atoms with Gasteiger partial charge in [-0.25, -0.2) is 4.79 Å². The fraction of sp³-hybridized carbons (Fsp3) is 0.267. The lowest BCUT2D eigenvalue weighted by Gasteiger charge is -2.07. The molecule has 1 aromatic carbocycles. The maximum absolute atomic E-state index is 11.7. The molecule has 0 amide bonds. The van der Waals surface area contributed by atoms with Crippen LogP contribution >= 0.6 is 15.9 Å². The third-order valence-electron chi connectivity index (χ3n) is 3.33. The second-order valence-corrected chi connectivity index (χ2v) is 5.89. The van der Waals surface area contributed by atoms with E-state index in [1.807, 2.05) is 13.8 Å². The predicted molar refractivity (Wildman–Crippen MR) is 91.7 cm³/mol. The lowest BCUT2D eigenvalue weighted by Crippen LogP contribution is -2.17. The van der Waals surface area contributed by atoms with E-state index in [-0.39, 0.29) is 12.3 Å². The van der Waals surface area contributed by atoms with Crippen molar-refractivity contribution >= 4 is 33.4 Å². The molecule has 0 unspecified atom stereocenters. The van der Waals surface area contributed by atoms with Gasteiger partial charge >= 0.3 is 5.97 Å². The van der Waals surface area contributed by atoms with Gasteiger partial charge in [0.1, 0.15) is 0 Å². The van der Waals surface area contributed by atoms with Gasteiger partial charge in [0.2, 0.25) is 0 Å². The molecule has 1 heterocycles. The lowest BCUT2D eigenvalue weighted by atomic mass is 10.1. The Morgan fingerprint density at radius 1 is 1.43 bits per heavy atom. The normalized spacial score (nSPS) is 11.5. The number of amidine groups is 1. The molecule has 0 aliphatic carbocycles. The van der Waals surface area contributed by atoms with Gasteiger partial charge in [-0.2, -0.15) is 5.10 Å². The van der Waals surface area contributed by atoms with Crippen molar-refractivity contribution in [3.05, 3.63) is 45.7 Å². The summed E-state index contributed by atoms with van der Waals surface area (Å²) in [5, 5.41) is 7.92. The molecule has 0 atom stereocenters. The quantitative estimate of drug-likeness (QED) is 0.272. The fourth-order valence-electron chi connectivity index (χ4n) is 1.94. The number of rotatable bonds is 5. The number of nitrogens with two attached hydrogens (primary N) is 2. The van der Waals surface area contributed by atoms with Gasteiger partial charge in [0, 0.05) is 17.4 Å². The van der Waals surface area contributed by atoms with Gasteiger partial charge in [-0.1, -0.05) is 17.3 Å². The first-order valence-corrected chi connectivity index (χ1v) is 7.76. The van der Waals surface area contributed by atoms with Crippen molar-refractivity contribution < 1.29 is 9.63 Å². The predicted octanol–water partition coefficient (Wildman–Crippen LogP) is 2.10. The summed E-state index contributed by atoms with van der Waals surface area (Å²) in [6, 6.07) is 5.30. The SMILES string of the molecule is Cc1nn(CCC(=O)O/N=C(\N)c2cccc(N)c2C)cc1Br. The molecule has 2 aromatic rings. The van der Waals surface area contributed by atoms with E-state index in [1.54, 1.807) is 29.1 Å². The number of carbonyl (C=O) groups is 1. The van der Waals surface area contributed by atoms with Crippen LogP contribution in [-0.2, 0) is 16.2 Å². The molecule has 0 saturated heterocycles. The Labute approximate surface area is 142 Å². The van der Waals surface area contributed by atoms with E-state index in [2.05, 4.69) is 26.2 Å². The Kier molecular flexibility index (Phi) is 5.38. The number of nitrogens with zero attached hydrogens (tertiary/aromatic N) is 3. The minimum absolute atomic E-state index is 0.112. The molecule has 0 radical (unpaired) electrons. The Bertz CT molecular complexity index is 735. The zero-order chi connectivity index (χ0) is 17.0. The van der Waals surface area contributed by atoms with E-state index >= 15 is 0 Å². The van der Waals surface area contributed by atoms with E-state index in [0.29, 0.717) is 17.8 Å². The maximum Gasteiger partial charge on any atom is 0.336 e. The van der Waals surface area contributed by atoms with Crippen molar-refractivity contribution in [2.45, 2.75) is 26.8 Å². The number of benzene rings is 1. The van der Waals surface area contributed by atoms with Crippen LogP contribution in [0, 0.1) is 13.8 Å². The monoisotopic (exact) mass is 379 g/mol. The first kappa shape index (κ1) is 17.0. The highest BCUT2D eigenvalue weighted by molar-refractivity contribution is 9.10. The molecule has 0 fully saturated rings. The number of carbonyl (C=O) groups excluding carboxylic acids is 1. The van der Waals surface area contributed by atoms with Crippen LogP contribution in [0.5, 0.6) is 0 Å². The largest absolute Gasteiger partial charge is 0.398 e. The van der Waals surface area contributed by atoms with Crippen molar-refractivity contribution in [3.63, 3.8) is 0 Å². The summed E-state index contributed by atoms with van der Waals surface area (Å²) in [7, 11) is 0. The van der Waals surface area contributed by atoms with Gasteiger partial charge in [-0.15, -0.1) is 0 Å². The minimum Gasteiger partial charge on any atom is -0.398 e. The number of hydrogen-bond donors (Lipinski definition) is 2. The van der Waals surface area contributed by atoms with Crippen molar-refractivity contribution in [1.82, 2.24) is 9.78 Å². The standard InChI is InChI=1S/C15H18BrN5O2/c1-9-11(4-3-5-13(9)17)15(18)20-23-14(22)6-7-21-8-12(16)10(2)19-21/h3-5,8H,6-7,17H2,1-2H3,(H2,18,20). The summed E-state index contributed by atoms with van der Waals surface area (Å²) in [5.41, 5.74) is 14.5. The highest BCUT2D eigenvalue weighted by Crippen LogP contribution is 2.15. The van der Waals surface area contributed by atoms with Gasteiger partial charge in [0.25, 0.3) is 0 Å². The molecule has 0 aliphatic heterocycles. The maximum atomic E-state index is 11.7. The summed E-state index contributed by atoms with van der Waals surface area (Å²) in [6.45, 7) is 4.10. The number of oxime groups is 1. The summed E-state index contributed by atoms with van der Waals surface area (Å²) < 4.78 is 2.56. The number of halogens is 1. The summed E-state index contributed by atoms with van der Waals surface area (Å²) in [4.78, 5) is 16.6. The van der Waals surface area contributed by atoms with E-state index < -0.39 is 5.97 Å².